The van der Waals surface area contributed by atoms with Gasteiger partial charge >= 0.3 is 12.1 Å². The highest BCUT2D eigenvalue weighted by Gasteiger charge is 2.43. The zero-order valence-corrected chi connectivity index (χ0v) is 11.7. The van der Waals surface area contributed by atoms with Gasteiger partial charge in [-0.15, -0.1) is 0 Å². The quantitative estimate of drug-likeness (QED) is 0.636. The lowest BCUT2D eigenvalue weighted by molar-refractivity contribution is -0.385. The first-order chi connectivity index (χ1) is 10.3. The predicted molar refractivity (Wildman–Crippen MR) is 72.2 cm³/mol. The highest BCUT2D eigenvalue weighted by molar-refractivity contribution is 5.81. The second-order valence-electron chi connectivity index (χ2n) is 5.32. The van der Waals surface area contributed by atoms with Crippen LogP contribution in [0.4, 0.5) is 18.9 Å². The monoisotopic (exact) mass is 316 g/mol. The van der Waals surface area contributed by atoms with Gasteiger partial charge in [-0.2, -0.15) is 13.2 Å². The Morgan fingerprint density at radius 3 is 2.41 bits per heavy atom. The molecule has 22 heavy (non-hydrogen) atoms. The van der Waals surface area contributed by atoms with Crippen LogP contribution in [0.5, 0.6) is 0 Å². The fourth-order valence-corrected chi connectivity index (χ4v) is 2.69. The van der Waals surface area contributed by atoms with Crippen molar-refractivity contribution in [2.45, 2.75) is 25.4 Å². The van der Waals surface area contributed by atoms with Gasteiger partial charge in [-0.25, -0.2) is 0 Å². The Kier molecular flexibility index (Phi) is 4.68. The molecule has 1 aromatic rings. The first kappa shape index (κ1) is 16.3. The minimum Gasteiger partial charge on any atom is -0.335 e. The fraction of sp³-hybridized carbons (Fsp3) is 0.500. The lowest BCUT2D eigenvalue weighted by atomic mass is 9.89. The number of amides is 1. The number of hydrogen-bond acceptors (Lipinski definition) is 3. The molecule has 0 aliphatic carbocycles. The van der Waals surface area contributed by atoms with Crippen LogP contribution in [0, 0.1) is 16.0 Å². The van der Waals surface area contributed by atoms with E-state index in [2.05, 4.69) is 0 Å². The molecule has 0 bridgehead atoms. The van der Waals surface area contributed by atoms with Gasteiger partial charge in [-0.3, -0.25) is 14.9 Å². The maximum Gasteiger partial charge on any atom is 0.471 e. The molecular weight excluding hydrogens is 301 g/mol. The first-order valence-corrected chi connectivity index (χ1v) is 6.87. The summed E-state index contributed by atoms with van der Waals surface area (Å²) in [6.07, 6.45) is -3.59. The molecule has 1 amide bonds. The minimum atomic E-state index is -4.84. The molecule has 1 saturated heterocycles. The smallest absolute Gasteiger partial charge is 0.335 e. The number of carbonyl (C=O) groups is 1. The molecule has 0 radical (unpaired) electrons. The molecule has 120 valence electrons. The number of benzene rings is 1. The zero-order valence-electron chi connectivity index (χ0n) is 11.7. The summed E-state index contributed by atoms with van der Waals surface area (Å²) in [6, 6.07) is 6.35. The van der Waals surface area contributed by atoms with E-state index in [-0.39, 0.29) is 24.7 Å². The number of rotatable bonds is 3. The highest BCUT2D eigenvalue weighted by atomic mass is 19.4. The summed E-state index contributed by atoms with van der Waals surface area (Å²) in [6.45, 7) is 0.0628. The van der Waals surface area contributed by atoms with Crippen LogP contribution in [0.2, 0.25) is 0 Å². The van der Waals surface area contributed by atoms with Gasteiger partial charge in [-0.1, -0.05) is 18.2 Å². The second-order valence-corrected chi connectivity index (χ2v) is 5.32. The van der Waals surface area contributed by atoms with E-state index in [4.69, 9.17) is 0 Å². The van der Waals surface area contributed by atoms with Crippen LogP contribution >= 0.6 is 0 Å². The molecule has 8 heteroatoms. The SMILES string of the molecule is O=C(N1CCC(Cc2ccccc2[N+](=O)[O-])CC1)C(F)(F)F. The molecule has 0 N–H and O–H groups in total. The largest absolute Gasteiger partial charge is 0.471 e. The Labute approximate surface area is 124 Å². The van der Waals surface area contributed by atoms with Gasteiger partial charge in [0, 0.05) is 24.7 Å². The van der Waals surface area contributed by atoms with Crippen LogP contribution in [0.3, 0.4) is 0 Å². The fourth-order valence-electron chi connectivity index (χ4n) is 2.69. The van der Waals surface area contributed by atoms with Gasteiger partial charge in [0.1, 0.15) is 0 Å². The average molecular weight is 316 g/mol. The van der Waals surface area contributed by atoms with Crippen LogP contribution in [-0.4, -0.2) is 35.0 Å². The van der Waals surface area contributed by atoms with Crippen molar-refractivity contribution < 1.29 is 22.9 Å². The summed E-state index contributed by atoms with van der Waals surface area (Å²) >= 11 is 0. The third-order valence-electron chi connectivity index (χ3n) is 3.84. The Morgan fingerprint density at radius 1 is 1.27 bits per heavy atom. The number of carbonyl (C=O) groups excluding carboxylic acids is 1. The topological polar surface area (TPSA) is 63.5 Å². The molecule has 0 unspecified atom stereocenters. The molecule has 5 nitrogen and oxygen atoms in total. The number of halogens is 3. The van der Waals surface area contributed by atoms with Crippen molar-refractivity contribution in [2.24, 2.45) is 5.92 Å². The maximum atomic E-state index is 12.4. The molecular formula is C14H15F3N2O3. The van der Waals surface area contributed by atoms with Gasteiger partial charge in [0.15, 0.2) is 0 Å². The Morgan fingerprint density at radius 2 is 1.86 bits per heavy atom. The van der Waals surface area contributed by atoms with E-state index in [9.17, 15) is 28.1 Å². The Hall–Kier alpha value is -2.12. The van der Waals surface area contributed by atoms with E-state index in [1.54, 1.807) is 18.2 Å². The molecule has 1 aliphatic heterocycles. The van der Waals surface area contributed by atoms with Gasteiger partial charge < -0.3 is 4.90 Å². The normalized spacial score (nSPS) is 16.6. The van der Waals surface area contributed by atoms with Crippen LogP contribution in [0.1, 0.15) is 18.4 Å². The predicted octanol–water partition coefficient (Wildman–Crippen LogP) is 2.94. The standard InChI is InChI=1S/C14H15F3N2O3/c15-14(16,17)13(20)18-7-5-10(6-8-18)9-11-3-1-2-4-12(11)19(21)22/h1-4,10H,5-9H2. The van der Waals surface area contributed by atoms with Crippen molar-refractivity contribution in [3.8, 4) is 0 Å². The third kappa shape index (κ3) is 3.75. The Balaban J connectivity index is 1.96. The molecule has 1 heterocycles. The molecule has 1 aliphatic rings. The van der Waals surface area contributed by atoms with Gasteiger partial charge in [0.25, 0.3) is 5.69 Å². The van der Waals surface area contributed by atoms with Crippen LogP contribution in [0.25, 0.3) is 0 Å². The number of likely N-dealkylation sites (tertiary alicyclic amines) is 1. The van der Waals surface area contributed by atoms with Crippen LogP contribution in [0.15, 0.2) is 24.3 Å². The van der Waals surface area contributed by atoms with Gasteiger partial charge in [0.05, 0.1) is 4.92 Å². The molecule has 2 rings (SSSR count). The third-order valence-corrected chi connectivity index (χ3v) is 3.84. The number of nitrogens with zero attached hydrogens (tertiary/aromatic N) is 2. The number of nitro benzene ring substituents is 1. The lowest BCUT2D eigenvalue weighted by Gasteiger charge is -2.32. The first-order valence-electron chi connectivity index (χ1n) is 6.87. The van der Waals surface area contributed by atoms with E-state index in [1.165, 1.54) is 6.07 Å². The highest BCUT2D eigenvalue weighted by Crippen LogP contribution is 2.28. The van der Waals surface area contributed by atoms with Crippen molar-refractivity contribution in [1.29, 1.82) is 0 Å². The average Bonchev–Trinajstić information content (AvgIpc) is 2.46. The Bertz CT molecular complexity index is 567. The summed E-state index contributed by atoms with van der Waals surface area (Å²) < 4.78 is 37.1. The summed E-state index contributed by atoms with van der Waals surface area (Å²) in [5.41, 5.74) is 0.601. The van der Waals surface area contributed by atoms with Gasteiger partial charge in [-0.05, 0) is 25.2 Å². The van der Waals surface area contributed by atoms with E-state index < -0.39 is 17.0 Å². The summed E-state index contributed by atoms with van der Waals surface area (Å²) in [4.78, 5) is 22.4. The summed E-state index contributed by atoms with van der Waals surface area (Å²) in [5.74, 6) is -1.77. The molecule has 0 aromatic heterocycles. The number of nitro groups is 1. The van der Waals surface area contributed by atoms with Gasteiger partial charge in [0.2, 0.25) is 0 Å². The number of para-hydroxylation sites is 1. The van der Waals surface area contributed by atoms with Crippen molar-refractivity contribution in [2.75, 3.05) is 13.1 Å². The van der Waals surface area contributed by atoms with Crippen molar-refractivity contribution >= 4 is 11.6 Å². The van der Waals surface area contributed by atoms with E-state index in [1.807, 2.05) is 0 Å². The molecule has 0 saturated carbocycles. The van der Waals surface area contributed by atoms with Crippen molar-refractivity contribution in [1.82, 2.24) is 4.90 Å². The molecule has 1 fully saturated rings. The van der Waals surface area contributed by atoms with Crippen molar-refractivity contribution in [3.63, 3.8) is 0 Å². The minimum absolute atomic E-state index is 0.0243. The number of hydrogen-bond donors (Lipinski definition) is 0. The lowest BCUT2D eigenvalue weighted by Crippen LogP contribution is -2.45. The zero-order chi connectivity index (χ0) is 16.3. The molecule has 0 atom stereocenters. The molecule has 0 spiro atoms. The van der Waals surface area contributed by atoms with E-state index in [0.29, 0.717) is 24.8 Å². The number of piperidine rings is 1. The summed E-state index contributed by atoms with van der Waals surface area (Å²) in [7, 11) is 0. The second kappa shape index (κ2) is 6.33. The maximum absolute atomic E-state index is 12.4. The van der Waals surface area contributed by atoms with Crippen LogP contribution in [-0.2, 0) is 11.2 Å². The van der Waals surface area contributed by atoms with Crippen LogP contribution < -0.4 is 0 Å². The molecule has 1 aromatic carbocycles. The van der Waals surface area contributed by atoms with E-state index >= 15 is 0 Å². The van der Waals surface area contributed by atoms with E-state index in [0.717, 1.165) is 4.90 Å². The van der Waals surface area contributed by atoms with Crippen molar-refractivity contribution in [3.05, 3.63) is 39.9 Å². The number of alkyl halides is 3. The summed E-state index contributed by atoms with van der Waals surface area (Å²) in [5, 5.41) is 10.9.